The van der Waals surface area contributed by atoms with Gasteiger partial charge in [0, 0.05) is 65.0 Å². The first kappa shape index (κ1) is 68.5. The van der Waals surface area contributed by atoms with E-state index >= 15 is 0 Å². The van der Waals surface area contributed by atoms with Gasteiger partial charge in [-0.1, -0.05) is 152 Å². The third kappa shape index (κ3) is 17.6. The topological polar surface area (TPSA) is 220 Å². The van der Waals surface area contributed by atoms with Crippen LogP contribution in [-0.4, -0.2) is 91.6 Å². The summed E-state index contributed by atoms with van der Waals surface area (Å²) in [5, 5.41) is 12.3. The van der Waals surface area contributed by atoms with Crippen molar-refractivity contribution in [3.8, 4) is 5.75 Å². The van der Waals surface area contributed by atoms with Crippen LogP contribution >= 0.6 is 0 Å². The molecule has 11 heterocycles. The van der Waals surface area contributed by atoms with Gasteiger partial charge in [0.1, 0.15) is 48.4 Å². The minimum Gasteiger partial charge on any atom is -0.494 e. The Bertz CT molecular complexity index is 4170. The second-order valence-corrected chi connectivity index (χ2v) is 24.2. The lowest BCUT2D eigenvalue weighted by Crippen LogP contribution is -1.97. The minimum atomic E-state index is 0.389. The van der Waals surface area contributed by atoms with Gasteiger partial charge in [-0.15, -0.1) is 0 Å². The molecule has 0 bridgehead atoms. The Morgan fingerprint density at radius 2 is 0.849 bits per heavy atom. The maximum absolute atomic E-state index is 5.27. The monoisotopic (exact) mass is 1240 g/mol. The Hall–Kier alpha value is -10.4. The van der Waals surface area contributed by atoms with Crippen molar-refractivity contribution in [1.29, 1.82) is 0 Å². The number of hydrogen-bond donors (Lipinski definition) is 0. The highest BCUT2D eigenvalue weighted by Gasteiger charge is 2.14. The van der Waals surface area contributed by atoms with Gasteiger partial charge >= 0.3 is 0 Å². The zero-order chi connectivity index (χ0) is 66.6. The van der Waals surface area contributed by atoms with E-state index in [2.05, 4.69) is 231 Å². The molecule has 14 aromatic rings. The highest BCUT2D eigenvalue weighted by Crippen LogP contribution is 2.29. The molecular weight excluding hydrogens is 1150 g/mol. The summed E-state index contributed by atoms with van der Waals surface area (Å²) in [6.07, 6.45) is 20.6. The fourth-order valence-electron chi connectivity index (χ4n) is 10.5. The lowest BCUT2D eigenvalue weighted by atomic mass is 9.99. The number of rotatable bonds is 8. The summed E-state index contributed by atoms with van der Waals surface area (Å²) in [5.74, 6) is 3.89. The Labute approximate surface area is 545 Å². The van der Waals surface area contributed by atoms with Crippen LogP contribution in [0.5, 0.6) is 5.75 Å². The summed E-state index contributed by atoms with van der Waals surface area (Å²) >= 11 is 0. The first-order chi connectivity index (χ1) is 44.9. The van der Waals surface area contributed by atoms with Crippen molar-refractivity contribution in [2.75, 3.05) is 7.11 Å². The molecule has 0 aliphatic heterocycles. The Morgan fingerprint density at radius 3 is 1.54 bits per heavy atom. The van der Waals surface area contributed by atoms with E-state index in [1.165, 1.54) is 27.4 Å². The molecule has 0 aliphatic rings. The minimum absolute atomic E-state index is 0.389. The normalized spacial score (nSPS) is 11.0. The number of nitrogens with zero attached hydrogens (tertiary/aromatic N) is 17. The van der Waals surface area contributed by atoms with Gasteiger partial charge in [0.05, 0.1) is 75.6 Å². The molecule has 11 aromatic heterocycles. The van der Waals surface area contributed by atoms with Crippen LogP contribution in [0.2, 0.25) is 0 Å². The number of aryl methyl sites for hydroxylation is 1. The Morgan fingerprint density at radius 1 is 0.323 bits per heavy atom. The molecule has 0 aliphatic carbocycles. The maximum atomic E-state index is 5.27. The summed E-state index contributed by atoms with van der Waals surface area (Å²) in [7, 11) is 3.55. The molecule has 93 heavy (non-hydrogen) atoms. The van der Waals surface area contributed by atoms with Crippen LogP contribution in [0.25, 0.3) is 76.6 Å². The van der Waals surface area contributed by atoms with Gasteiger partial charge in [-0.25, -0.2) is 54.8 Å². The van der Waals surface area contributed by atoms with E-state index in [4.69, 9.17) is 4.74 Å². The van der Waals surface area contributed by atoms with Gasteiger partial charge in [-0.2, -0.15) is 5.10 Å². The Kier molecular flexibility index (Phi) is 24.4. The molecule has 18 nitrogen and oxygen atoms in total. The van der Waals surface area contributed by atoms with Crippen LogP contribution in [0.3, 0.4) is 0 Å². The van der Waals surface area contributed by atoms with Crippen molar-refractivity contribution in [3.63, 3.8) is 0 Å². The van der Waals surface area contributed by atoms with E-state index in [0.717, 1.165) is 94.6 Å². The molecule has 3 aromatic carbocycles. The van der Waals surface area contributed by atoms with E-state index < -0.39 is 0 Å². The standard InChI is InChI=1S/C12H14N2O.2C12H13N.3C10H11N3.C9H12N4/c1-8(2)11-9-5-4-6-10(15-3)12(9)14-7-13-11;1-9(2)10-7-8-13-12-6-4-3-5-11(10)12;1-9(2)12-11-6-4-3-5-10(11)7-8-13-12;1-7(2)10-8-3-4-11-5-9(8)12-6-13-10;1-7(2)9-10-8(12-6-13-9)4-3-5-11-10;1-7(2)9-8-4-3-5-11-10(8)13-6-12-9;1-6(2)8-7-4-12-13(3)9(7)11-5-10-8/h4-8H,1-3H3;2*3-9H,1-2H3;3*3-7H,1-2H3;4-6H,1-3H3. The zero-order valence-corrected chi connectivity index (χ0v) is 56.4. The molecule has 0 unspecified atom stereocenters. The molecule has 476 valence electrons. The first-order valence-electron chi connectivity index (χ1n) is 31.6. The SMILES string of the molecule is CC(C)c1ccnc2ccccc12.CC(C)c1nccc2ccccc12.CC(C)c1ncnc2c1cnn2C.CC(C)c1ncnc2cccnc12.CC(C)c1ncnc2cnccc12.CC(C)c1ncnc2ncccc12.COc1cccc2c(C(C)C)ncnc12. The van der Waals surface area contributed by atoms with Gasteiger partial charge in [-0.05, 0) is 107 Å². The molecule has 18 heteroatoms. The smallest absolute Gasteiger partial charge is 0.162 e. The van der Waals surface area contributed by atoms with Crippen LogP contribution in [0.4, 0.5) is 0 Å². The summed E-state index contributed by atoms with van der Waals surface area (Å²) < 4.78 is 7.04. The van der Waals surface area contributed by atoms with Gasteiger partial charge in [0.25, 0.3) is 0 Å². The van der Waals surface area contributed by atoms with Crippen LogP contribution in [0, 0.1) is 0 Å². The van der Waals surface area contributed by atoms with Crippen LogP contribution in [-0.2, 0) is 7.05 Å². The molecule has 0 saturated carbocycles. The Balaban J connectivity index is 0.000000139. The van der Waals surface area contributed by atoms with Crippen molar-refractivity contribution in [2.45, 2.75) is 138 Å². The van der Waals surface area contributed by atoms with E-state index in [9.17, 15) is 0 Å². The molecule has 14 rings (SSSR count). The highest BCUT2D eigenvalue weighted by molar-refractivity contribution is 5.87. The fraction of sp³-hybridized carbons (Fsp3) is 0.307. The largest absolute Gasteiger partial charge is 0.494 e. The van der Waals surface area contributed by atoms with E-state index in [1.807, 2.05) is 80.2 Å². The average molecular weight is 1240 g/mol. The summed E-state index contributed by atoms with van der Waals surface area (Å²) in [4.78, 5) is 63.4. The molecule has 0 N–H and O–H groups in total. The second kappa shape index (κ2) is 33.1. The average Bonchev–Trinajstić information content (AvgIpc) is 1.79. The van der Waals surface area contributed by atoms with Crippen LogP contribution in [0.15, 0.2) is 184 Å². The number of benzene rings is 3. The zero-order valence-electron chi connectivity index (χ0n) is 56.4. The lowest BCUT2D eigenvalue weighted by Gasteiger charge is -2.09. The van der Waals surface area contributed by atoms with Crippen LogP contribution in [0.1, 0.15) is 178 Å². The molecule has 0 saturated heterocycles. The van der Waals surface area contributed by atoms with Crippen molar-refractivity contribution in [2.24, 2.45) is 7.05 Å². The number of para-hydroxylation sites is 2. The number of methoxy groups -OCH3 is 1. The van der Waals surface area contributed by atoms with E-state index in [0.29, 0.717) is 41.4 Å². The maximum Gasteiger partial charge on any atom is 0.162 e. The number of pyridine rings is 5. The first-order valence-corrected chi connectivity index (χ1v) is 31.6. The van der Waals surface area contributed by atoms with Gasteiger partial charge in [0.15, 0.2) is 11.3 Å². The number of hydrogen-bond acceptors (Lipinski definition) is 17. The summed E-state index contributed by atoms with van der Waals surface area (Å²) in [6, 6.07) is 36.5. The molecule has 0 fully saturated rings. The predicted molar refractivity (Wildman–Crippen MR) is 377 cm³/mol. The fourth-order valence-corrected chi connectivity index (χ4v) is 10.5. The van der Waals surface area contributed by atoms with Gasteiger partial charge in [-0.3, -0.25) is 24.6 Å². The van der Waals surface area contributed by atoms with Gasteiger partial charge in [0.2, 0.25) is 0 Å². The molecule has 0 amide bonds. The van der Waals surface area contributed by atoms with Crippen molar-refractivity contribution < 1.29 is 4.74 Å². The predicted octanol–water partition coefficient (Wildman–Crippen LogP) is 17.4. The molecular formula is C75H85N17O. The molecule has 0 radical (unpaired) electrons. The number of ether oxygens (including phenoxy) is 1. The number of aromatic nitrogens is 17. The highest BCUT2D eigenvalue weighted by atomic mass is 16.5. The van der Waals surface area contributed by atoms with Crippen LogP contribution < -0.4 is 4.74 Å². The summed E-state index contributed by atoms with van der Waals surface area (Å²) in [6.45, 7) is 30.0. The van der Waals surface area contributed by atoms with Gasteiger partial charge < -0.3 is 4.74 Å². The van der Waals surface area contributed by atoms with Crippen molar-refractivity contribution >= 4 is 76.6 Å². The third-order valence-electron chi connectivity index (χ3n) is 15.1. The molecule has 0 atom stereocenters. The quantitative estimate of drug-likeness (QED) is 0.138. The van der Waals surface area contributed by atoms with E-state index in [-0.39, 0.29) is 0 Å². The third-order valence-corrected chi connectivity index (χ3v) is 15.1. The number of fused-ring (bicyclic) bond motifs is 7. The second-order valence-electron chi connectivity index (χ2n) is 24.2. The molecule has 0 spiro atoms. The van der Waals surface area contributed by atoms with Crippen molar-refractivity contribution in [1.82, 2.24) is 84.5 Å². The summed E-state index contributed by atoms with van der Waals surface area (Å²) in [5.41, 5.74) is 14.3. The lowest BCUT2D eigenvalue weighted by molar-refractivity contribution is 0.419. The van der Waals surface area contributed by atoms with E-state index in [1.54, 1.807) is 68.2 Å². The van der Waals surface area contributed by atoms with Crippen molar-refractivity contribution in [3.05, 3.63) is 224 Å².